The predicted octanol–water partition coefficient (Wildman–Crippen LogP) is -2.07. The maximum atomic E-state index is 11.4. The van der Waals surface area contributed by atoms with Crippen LogP contribution in [0.5, 0.6) is 0 Å². The van der Waals surface area contributed by atoms with E-state index in [0.29, 0.717) is 0 Å². The van der Waals surface area contributed by atoms with Crippen molar-refractivity contribution in [3.63, 3.8) is 0 Å². The molecule has 4 aliphatic rings. The SMILES string of the molecule is O=C1CC(O)=C(N=NC2=C(O)CC(=O)NC2=O)C(=O)N1.O=C1CC(O)=C(N=NC2=C(O)CC(=O)NC2O)C(=O)N1.[Ni].[Ni]. The summed E-state index contributed by atoms with van der Waals surface area (Å²) in [5, 5.41) is 68.5. The smallest absolute Gasteiger partial charge is 0.281 e. The van der Waals surface area contributed by atoms with Crippen LogP contribution >= 0.6 is 0 Å². The molecule has 0 aliphatic carbocycles. The summed E-state index contributed by atoms with van der Waals surface area (Å²) in [5.74, 6) is -7.86. The fraction of sp³-hybridized carbons (Fsp3) is 0.250. The maximum absolute atomic E-state index is 11.4. The number of carbonyl (C=O) groups is 7. The van der Waals surface area contributed by atoms with Gasteiger partial charge >= 0.3 is 0 Å². The number of aliphatic hydroxyl groups excluding tert-OH is 5. The summed E-state index contributed by atoms with van der Waals surface area (Å²) < 4.78 is 0. The number of aliphatic hydroxyl groups is 5. The summed E-state index contributed by atoms with van der Waals surface area (Å²) in [5.41, 5.74) is -1.95. The van der Waals surface area contributed by atoms with Gasteiger partial charge in [-0.1, -0.05) is 0 Å². The number of rotatable bonds is 4. The fourth-order valence-corrected chi connectivity index (χ4v) is 3.09. The molecule has 7 amide bonds. The van der Waals surface area contributed by atoms with Gasteiger partial charge in [0.25, 0.3) is 17.7 Å². The standard InChI is InChI=1S/C10H10N4O6.C10H8N4O6.2Ni/c2*15-3-1-5(17)11-9(19)7(3)13-14-8-4(16)2-6(18)12-10(8)20;;/h9,15-16,19H,1-2H2,(H,11,17)(H,12,18,20);15-16H,1-2H2,(H,11,17,19)(H,12,18,20);;. The molecule has 0 aromatic heterocycles. The third-order valence-electron chi connectivity index (χ3n) is 4.90. The Hall–Kier alpha value is -4.80. The molecule has 0 aromatic rings. The van der Waals surface area contributed by atoms with Gasteiger partial charge in [-0.3, -0.25) is 49.5 Å². The van der Waals surface area contributed by atoms with Gasteiger partial charge in [-0.15, -0.1) is 20.5 Å². The monoisotopic (exact) mass is 678 g/mol. The van der Waals surface area contributed by atoms with Crippen molar-refractivity contribution in [2.24, 2.45) is 20.5 Å². The zero-order chi connectivity index (χ0) is 29.7. The van der Waals surface area contributed by atoms with Crippen molar-refractivity contribution in [1.82, 2.24) is 21.3 Å². The minimum absolute atomic E-state index is 0. The first-order chi connectivity index (χ1) is 18.8. The first-order valence-electron chi connectivity index (χ1n) is 10.8. The molecule has 9 N–H and O–H groups in total. The Kier molecular flexibility index (Phi) is 12.3. The van der Waals surface area contributed by atoms with Crippen molar-refractivity contribution in [1.29, 1.82) is 0 Å². The molecule has 0 bridgehead atoms. The quantitative estimate of drug-likeness (QED) is 0.0879. The van der Waals surface area contributed by atoms with Gasteiger partial charge in [0.05, 0.1) is 25.7 Å². The number of nitrogens with zero attached hydrogens (tertiary/aromatic N) is 4. The van der Waals surface area contributed by atoms with Crippen LogP contribution in [0, 0.1) is 0 Å². The molecule has 1 atom stereocenters. The molecule has 0 radical (unpaired) electrons. The van der Waals surface area contributed by atoms with E-state index in [1.807, 2.05) is 16.0 Å². The third kappa shape index (κ3) is 8.60. The van der Waals surface area contributed by atoms with Gasteiger partial charge in [0.2, 0.25) is 23.6 Å². The van der Waals surface area contributed by atoms with E-state index < -0.39 is 107 Å². The zero-order valence-corrected chi connectivity index (χ0v) is 22.4. The molecule has 42 heavy (non-hydrogen) atoms. The van der Waals surface area contributed by atoms with E-state index in [1.165, 1.54) is 0 Å². The molecule has 0 aromatic carbocycles. The number of nitrogens with one attached hydrogen (secondary N) is 4. The molecule has 0 saturated carbocycles. The average Bonchev–Trinajstić information content (AvgIpc) is 2.80. The van der Waals surface area contributed by atoms with Crippen LogP contribution in [0.15, 0.2) is 66.3 Å². The molecular weight excluding hydrogens is 662 g/mol. The molecule has 4 heterocycles. The van der Waals surface area contributed by atoms with Crippen LogP contribution in [-0.2, 0) is 66.5 Å². The van der Waals surface area contributed by atoms with Crippen molar-refractivity contribution in [3.8, 4) is 0 Å². The van der Waals surface area contributed by atoms with Crippen LogP contribution in [-0.4, -0.2) is 73.1 Å². The van der Waals surface area contributed by atoms with Crippen molar-refractivity contribution in [2.75, 3.05) is 0 Å². The van der Waals surface area contributed by atoms with Crippen LogP contribution < -0.4 is 21.3 Å². The zero-order valence-electron chi connectivity index (χ0n) is 20.4. The predicted molar refractivity (Wildman–Crippen MR) is 120 cm³/mol. The van der Waals surface area contributed by atoms with Crippen molar-refractivity contribution in [2.45, 2.75) is 31.9 Å². The summed E-state index contributed by atoms with van der Waals surface area (Å²) in [4.78, 5) is 77.9. The molecule has 20 nitrogen and oxygen atoms in total. The molecule has 230 valence electrons. The van der Waals surface area contributed by atoms with Crippen LogP contribution in [0.1, 0.15) is 25.7 Å². The van der Waals surface area contributed by atoms with Crippen molar-refractivity contribution >= 4 is 41.4 Å². The second-order valence-electron chi connectivity index (χ2n) is 7.93. The minimum Gasteiger partial charge on any atom is -0.510 e. The molecule has 4 rings (SSSR count). The number of hydrogen-bond acceptors (Lipinski definition) is 16. The topological polar surface area (TPSA) is 318 Å². The van der Waals surface area contributed by atoms with E-state index in [-0.39, 0.29) is 45.1 Å². The van der Waals surface area contributed by atoms with Gasteiger partial charge in [0, 0.05) is 33.0 Å². The second-order valence-corrected chi connectivity index (χ2v) is 7.93. The summed E-state index contributed by atoms with van der Waals surface area (Å²) in [6.45, 7) is 0. The summed E-state index contributed by atoms with van der Waals surface area (Å²) in [7, 11) is 0. The van der Waals surface area contributed by atoms with Gasteiger partial charge < -0.3 is 30.8 Å². The third-order valence-corrected chi connectivity index (χ3v) is 4.90. The van der Waals surface area contributed by atoms with Gasteiger partial charge in [-0.25, -0.2) is 0 Å². The van der Waals surface area contributed by atoms with Gasteiger partial charge in [-0.05, 0) is 0 Å². The fourth-order valence-electron chi connectivity index (χ4n) is 3.09. The molecule has 0 spiro atoms. The van der Waals surface area contributed by atoms with E-state index in [9.17, 15) is 59.1 Å². The van der Waals surface area contributed by atoms with Gasteiger partial charge in [0.15, 0.2) is 23.3 Å². The van der Waals surface area contributed by atoms with Crippen molar-refractivity contribution in [3.05, 3.63) is 45.8 Å². The van der Waals surface area contributed by atoms with Crippen LogP contribution in [0.3, 0.4) is 0 Å². The van der Waals surface area contributed by atoms with E-state index in [0.717, 1.165) is 0 Å². The number of carbonyl (C=O) groups excluding carboxylic acids is 7. The van der Waals surface area contributed by atoms with Gasteiger partial charge in [0.1, 0.15) is 28.7 Å². The van der Waals surface area contributed by atoms with Crippen molar-refractivity contribution < 1.29 is 92.1 Å². The molecule has 0 fully saturated rings. The van der Waals surface area contributed by atoms with Gasteiger partial charge in [-0.2, -0.15) is 0 Å². The summed E-state index contributed by atoms with van der Waals surface area (Å²) >= 11 is 0. The van der Waals surface area contributed by atoms with E-state index >= 15 is 0 Å². The van der Waals surface area contributed by atoms with Crippen LogP contribution in [0.25, 0.3) is 0 Å². The number of amides is 7. The average molecular weight is 680 g/mol. The Morgan fingerprint density at radius 1 is 0.500 bits per heavy atom. The molecule has 0 saturated heterocycles. The Morgan fingerprint density at radius 2 is 0.810 bits per heavy atom. The Bertz CT molecular complexity index is 1390. The Labute approximate surface area is 252 Å². The van der Waals surface area contributed by atoms with E-state index in [1.54, 1.807) is 0 Å². The molecule has 4 aliphatic heterocycles. The van der Waals surface area contributed by atoms with Crippen LogP contribution in [0.2, 0.25) is 0 Å². The maximum Gasteiger partial charge on any atom is 0.281 e. The summed E-state index contributed by atoms with van der Waals surface area (Å²) in [6, 6.07) is 0. The largest absolute Gasteiger partial charge is 0.510 e. The number of imide groups is 3. The molecule has 22 heteroatoms. The number of azo groups is 2. The number of hydrogen-bond donors (Lipinski definition) is 9. The van der Waals surface area contributed by atoms with Crippen LogP contribution in [0.4, 0.5) is 0 Å². The van der Waals surface area contributed by atoms with E-state index in [4.69, 9.17) is 0 Å². The second kappa shape index (κ2) is 14.7. The molecule has 1 unspecified atom stereocenters. The Balaban J connectivity index is 0.000000401. The first-order valence-corrected chi connectivity index (χ1v) is 10.8. The molecular formula is C20H18N8Ni2O12. The summed E-state index contributed by atoms with van der Waals surface area (Å²) in [6.07, 6.45) is -3.28. The minimum atomic E-state index is -1.57. The first kappa shape index (κ1) is 35.2. The van der Waals surface area contributed by atoms with E-state index in [2.05, 4.69) is 25.8 Å². The normalized spacial score (nSPS) is 21.4. The Morgan fingerprint density at radius 3 is 1.12 bits per heavy atom.